The minimum absolute atomic E-state index is 0.114. The van der Waals surface area contributed by atoms with Gasteiger partial charge in [0.25, 0.3) is 0 Å². The van der Waals surface area contributed by atoms with Crippen molar-refractivity contribution in [3.05, 3.63) is 28.8 Å². The Balaban J connectivity index is 3.02. The number of hydrogen-bond donors (Lipinski definition) is 1. The maximum absolute atomic E-state index is 5.94. The van der Waals surface area contributed by atoms with Gasteiger partial charge in [0, 0.05) is 30.2 Å². The quantitative estimate of drug-likeness (QED) is 0.841. The van der Waals surface area contributed by atoms with E-state index in [4.69, 9.17) is 26.8 Å². The van der Waals surface area contributed by atoms with Crippen LogP contribution in [0.4, 0.5) is 0 Å². The summed E-state index contributed by atoms with van der Waals surface area (Å²) in [7, 11) is 3.28. The van der Waals surface area contributed by atoms with E-state index in [1.54, 1.807) is 20.3 Å². The average molecular weight is 230 g/mol. The van der Waals surface area contributed by atoms with Crippen molar-refractivity contribution >= 4 is 11.6 Å². The molecule has 0 amide bonds. The molecule has 0 aromatic heterocycles. The van der Waals surface area contributed by atoms with Gasteiger partial charge in [-0.1, -0.05) is 11.6 Å². The fourth-order valence-corrected chi connectivity index (χ4v) is 1.69. The zero-order valence-electron chi connectivity index (χ0n) is 9.00. The molecule has 0 heterocycles. The van der Waals surface area contributed by atoms with E-state index >= 15 is 0 Å². The molecule has 0 bridgehead atoms. The zero-order valence-corrected chi connectivity index (χ0v) is 9.75. The second kappa shape index (κ2) is 5.95. The van der Waals surface area contributed by atoms with Crippen molar-refractivity contribution in [2.24, 2.45) is 5.73 Å². The van der Waals surface area contributed by atoms with Crippen LogP contribution in [-0.2, 0) is 4.74 Å². The third-order valence-corrected chi connectivity index (χ3v) is 2.52. The first-order valence-electron chi connectivity index (χ1n) is 4.75. The summed E-state index contributed by atoms with van der Waals surface area (Å²) in [5.41, 5.74) is 6.68. The van der Waals surface area contributed by atoms with Crippen LogP contribution < -0.4 is 10.5 Å². The number of rotatable bonds is 5. The van der Waals surface area contributed by atoms with Gasteiger partial charge in [0.1, 0.15) is 5.75 Å². The number of nitrogens with two attached hydrogens (primary N) is 1. The Morgan fingerprint density at radius 1 is 1.40 bits per heavy atom. The lowest BCUT2D eigenvalue weighted by Gasteiger charge is -2.17. The Labute approximate surface area is 95.1 Å². The van der Waals surface area contributed by atoms with Crippen LogP contribution in [0.1, 0.15) is 11.5 Å². The lowest BCUT2D eigenvalue weighted by atomic mass is 9.99. The van der Waals surface area contributed by atoms with Crippen LogP contribution >= 0.6 is 11.6 Å². The Bertz CT molecular complexity index is 317. The van der Waals surface area contributed by atoms with E-state index < -0.39 is 0 Å². The number of benzene rings is 1. The van der Waals surface area contributed by atoms with Crippen LogP contribution in [-0.4, -0.2) is 27.4 Å². The third kappa shape index (κ3) is 3.09. The van der Waals surface area contributed by atoms with Crippen molar-refractivity contribution in [3.8, 4) is 5.75 Å². The summed E-state index contributed by atoms with van der Waals surface area (Å²) in [6.45, 7) is 1.07. The van der Waals surface area contributed by atoms with Crippen molar-refractivity contribution in [2.75, 3.05) is 27.4 Å². The van der Waals surface area contributed by atoms with Crippen LogP contribution in [0, 0.1) is 0 Å². The molecule has 1 atom stereocenters. The highest BCUT2D eigenvalue weighted by molar-refractivity contribution is 6.30. The van der Waals surface area contributed by atoms with E-state index in [2.05, 4.69) is 0 Å². The number of hydrogen-bond acceptors (Lipinski definition) is 3. The van der Waals surface area contributed by atoms with Gasteiger partial charge in [-0.25, -0.2) is 0 Å². The molecule has 1 unspecified atom stereocenters. The van der Waals surface area contributed by atoms with E-state index in [1.165, 1.54) is 0 Å². The van der Waals surface area contributed by atoms with Crippen molar-refractivity contribution < 1.29 is 9.47 Å². The van der Waals surface area contributed by atoms with Gasteiger partial charge in [-0.15, -0.1) is 0 Å². The predicted molar refractivity (Wildman–Crippen MR) is 61.7 cm³/mol. The first-order valence-corrected chi connectivity index (χ1v) is 5.13. The highest BCUT2D eigenvalue weighted by atomic mass is 35.5. The van der Waals surface area contributed by atoms with Crippen molar-refractivity contribution in [1.29, 1.82) is 0 Å². The molecule has 1 rings (SSSR count). The average Bonchev–Trinajstić information content (AvgIpc) is 2.26. The standard InChI is InChI=1S/C11H16ClNO2/c1-14-7-8(6-13)10-5-9(12)3-4-11(10)15-2/h3-5,8H,6-7,13H2,1-2H3. The van der Waals surface area contributed by atoms with Crippen molar-refractivity contribution in [1.82, 2.24) is 0 Å². The minimum atomic E-state index is 0.114. The first-order chi connectivity index (χ1) is 7.22. The van der Waals surface area contributed by atoms with E-state index in [-0.39, 0.29) is 5.92 Å². The molecule has 0 saturated heterocycles. The Morgan fingerprint density at radius 2 is 2.13 bits per heavy atom. The van der Waals surface area contributed by atoms with Gasteiger partial charge in [-0.2, -0.15) is 0 Å². The second-order valence-electron chi connectivity index (χ2n) is 3.27. The monoisotopic (exact) mass is 229 g/mol. The predicted octanol–water partition coefficient (Wildman–Crippen LogP) is 2.04. The van der Waals surface area contributed by atoms with E-state index in [1.807, 2.05) is 12.1 Å². The molecular formula is C11H16ClNO2. The molecule has 0 saturated carbocycles. The van der Waals surface area contributed by atoms with Gasteiger partial charge >= 0.3 is 0 Å². The minimum Gasteiger partial charge on any atom is -0.496 e. The molecule has 0 aliphatic heterocycles. The Kier molecular flexibility index (Phi) is 4.88. The van der Waals surface area contributed by atoms with E-state index in [0.717, 1.165) is 11.3 Å². The van der Waals surface area contributed by atoms with Crippen LogP contribution in [0.3, 0.4) is 0 Å². The van der Waals surface area contributed by atoms with E-state index in [9.17, 15) is 0 Å². The molecule has 4 heteroatoms. The summed E-state index contributed by atoms with van der Waals surface area (Å²) in [5.74, 6) is 0.913. The molecule has 0 fully saturated rings. The second-order valence-corrected chi connectivity index (χ2v) is 3.71. The highest BCUT2D eigenvalue weighted by Crippen LogP contribution is 2.29. The van der Waals surface area contributed by atoms with Gasteiger partial charge in [-0.3, -0.25) is 0 Å². The van der Waals surface area contributed by atoms with Crippen LogP contribution in [0.2, 0.25) is 5.02 Å². The van der Waals surface area contributed by atoms with Gasteiger partial charge in [0.15, 0.2) is 0 Å². The summed E-state index contributed by atoms with van der Waals surface area (Å²) >= 11 is 5.94. The summed E-state index contributed by atoms with van der Waals surface area (Å²) in [5, 5.41) is 0.681. The molecule has 15 heavy (non-hydrogen) atoms. The maximum Gasteiger partial charge on any atom is 0.122 e. The molecule has 2 N–H and O–H groups in total. The molecule has 0 aliphatic rings. The maximum atomic E-state index is 5.94. The van der Waals surface area contributed by atoms with Crippen molar-refractivity contribution in [2.45, 2.75) is 5.92 Å². The number of ether oxygens (including phenoxy) is 2. The Hall–Kier alpha value is -0.770. The first kappa shape index (κ1) is 12.3. The molecule has 84 valence electrons. The molecule has 0 spiro atoms. The SMILES string of the molecule is COCC(CN)c1cc(Cl)ccc1OC. The molecule has 1 aromatic carbocycles. The topological polar surface area (TPSA) is 44.5 Å². The molecule has 0 radical (unpaired) electrons. The molecular weight excluding hydrogens is 214 g/mol. The Morgan fingerprint density at radius 3 is 2.67 bits per heavy atom. The highest BCUT2D eigenvalue weighted by Gasteiger charge is 2.14. The van der Waals surface area contributed by atoms with Gasteiger partial charge in [0.2, 0.25) is 0 Å². The molecule has 0 aliphatic carbocycles. The van der Waals surface area contributed by atoms with Gasteiger partial charge < -0.3 is 15.2 Å². The molecule has 3 nitrogen and oxygen atoms in total. The molecule has 1 aromatic rings. The van der Waals surface area contributed by atoms with Crippen LogP contribution in [0.15, 0.2) is 18.2 Å². The van der Waals surface area contributed by atoms with Gasteiger partial charge in [0.05, 0.1) is 13.7 Å². The summed E-state index contributed by atoms with van der Waals surface area (Å²) in [6, 6.07) is 5.51. The van der Waals surface area contributed by atoms with E-state index in [0.29, 0.717) is 18.2 Å². The zero-order chi connectivity index (χ0) is 11.3. The largest absolute Gasteiger partial charge is 0.496 e. The third-order valence-electron chi connectivity index (χ3n) is 2.28. The number of methoxy groups -OCH3 is 2. The lowest BCUT2D eigenvalue weighted by molar-refractivity contribution is 0.180. The van der Waals surface area contributed by atoms with Crippen LogP contribution in [0.5, 0.6) is 5.75 Å². The number of halogens is 1. The van der Waals surface area contributed by atoms with Gasteiger partial charge in [-0.05, 0) is 18.2 Å². The van der Waals surface area contributed by atoms with Crippen LogP contribution in [0.25, 0.3) is 0 Å². The lowest BCUT2D eigenvalue weighted by Crippen LogP contribution is -2.18. The fraction of sp³-hybridized carbons (Fsp3) is 0.455. The van der Waals surface area contributed by atoms with Crippen molar-refractivity contribution in [3.63, 3.8) is 0 Å². The normalized spacial score (nSPS) is 12.5. The smallest absolute Gasteiger partial charge is 0.122 e. The summed E-state index contributed by atoms with van der Waals surface area (Å²) in [6.07, 6.45) is 0. The summed E-state index contributed by atoms with van der Waals surface area (Å²) < 4.78 is 10.4. The fourth-order valence-electron chi connectivity index (χ4n) is 1.51. The summed E-state index contributed by atoms with van der Waals surface area (Å²) in [4.78, 5) is 0.